The van der Waals surface area contributed by atoms with Gasteiger partial charge >= 0.3 is 0 Å². The summed E-state index contributed by atoms with van der Waals surface area (Å²) in [6.07, 6.45) is 7.25. The van der Waals surface area contributed by atoms with E-state index in [1.165, 1.54) is 19.3 Å². The Morgan fingerprint density at radius 3 is 2.80 bits per heavy atom. The highest BCUT2D eigenvalue weighted by Crippen LogP contribution is 2.34. The number of hydrogen-bond acceptors (Lipinski definition) is 3. The van der Waals surface area contributed by atoms with Crippen LogP contribution in [0.5, 0.6) is 0 Å². The van der Waals surface area contributed by atoms with Gasteiger partial charge < -0.3 is 5.11 Å². The molecule has 1 aliphatic carbocycles. The van der Waals surface area contributed by atoms with E-state index in [0.717, 1.165) is 18.0 Å². The van der Waals surface area contributed by atoms with E-state index >= 15 is 0 Å². The van der Waals surface area contributed by atoms with Gasteiger partial charge in [0.25, 0.3) is 0 Å². The number of nitrogens with zero attached hydrogens (tertiary/aromatic N) is 3. The topological polar surface area (TPSA) is 50.9 Å². The first-order chi connectivity index (χ1) is 7.05. The summed E-state index contributed by atoms with van der Waals surface area (Å²) in [4.78, 5) is 0. The minimum atomic E-state index is -0.624. The molecule has 1 atom stereocenters. The third kappa shape index (κ3) is 2.78. The molecule has 1 aromatic heterocycles. The molecule has 0 aliphatic heterocycles. The first-order valence-electron chi connectivity index (χ1n) is 5.63. The van der Waals surface area contributed by atoms with E-state index in [2.05, 4.69) is 10.3 Å². The predicted octanol–water partition coefficient (Wildman–Crippen LogP) is 1.30. The van der Waals surface area contributed by atoms with Gasteiger partial charge in [-0.2, -0.15) is 0 Å². The molecule has 84 valence electrons. The van der Waals surface area contributed by atoms with Crippen LogP contribution in [-0.4, -0.2) is 25.7 Å². The summed E-state index contributed by atoms with van der Waals surface area (Å²) < 4.78 is 1.68. The van der Waals surface area contributed by atoms with Gasteiger partial charge in [0.1, 0.15) is 0 Å². The smallest absolute Gasteiger partial charge is 0.0855 e. The molecule has 1 N–H and O–H groups in total. The maximum absolute atomic E-state index is 10.2. The minimum absolute atomic E-state index is 0.608. The lowest BCUT2D eigenvalue weighted by molar-refractivity contribution is 0.0196. The van der Waals surface area contributed by atoms with Crippen LogP contribution in [0.2, 0.25) is 0 Å². The molecule has 0 radical (unpaired) electrons. The van der Waals surface area contributed by atoms with Gasteiger partial charge in [-0.05, 0) is 19.3 Å². The van der Waals surface area contributed by atoms with Crippen molar-refractivity contribution in [2.45, 2.75) is 44.6 Å². The molecule has 1 saturated carbocycles. The van der Waals surface area contributed by atoms with Crippen molar-refractivity contribution in [3.05, 3.63) is 11.9 Å². The molecular formula is C11H19N3O. The quantitative estimate of drug-likeness (QED) is 0.813. The highest BCUT2D eigenvalue weighted by molar-refractivity contribution is 4.99. The maximum atomic E-state index is 10.2. The predicted molar refractivity (Wildman–Crippen MR) is 57.3 cm³/mol. The lowest BCUT2D eigenvalue weighted by atomic mass is 9.77. The zero-order chi connectivity index (χ0) is 10.9. The normalized spacial score (nSPS) is 21.0. The Balaban J connectivity index is 1.90. The van der Waals surface area contributed by atoms with Crippen LogP contribution in [0.1, 0.15) is 38.3 Å². The van der Waals surface area contributed by atoms with E-state index in [9.17, 15) is 5.11 Å². The molecule has 4 nitrogen and oxygen atoms in total. The number of aliphatic hydroxyl groups is 1. The Morgan fingerprint density at radius 2 is 2.33 bits per heavy atom. The summed E-state index contributed by atoms with van der Waals surface area (Å²) in [6, 6.07) is 0. The van der Waals surface area contributed by atoms with E-state index in [1.807, 2.05) is 20.2 Å². The van der Waals surface area contributed by atoms with Gasteiger partial charge in [-0.3, -0.25) is 4.68 Å². The van der Waals surface area contributed by atoms with Crippen LogP contribution in [0.25, 0.3) is 0 Å². The van der Waals surface area contributed by atoms with Gasteiger partial charge in [0.2, 0.25) is 0 Å². The molecule has 0 aromatic carbocycles. The summed E-state index contributed by atoms with van der Waals surface area (Å²) in [7, 11) is 1.84. The summed E-state index contributed by atoms with van der Waals surface area (Å²) in [6.45, 7) is 1.90. The van der Waals surface area contributed by atoms with Gasteiger partial charge in [0.15, 0.2) is 0 Å². The van der Waals surface area contributed by atoms with Crippen LogP contribution in [-0.2, 0) is 13.5 Å². The second-order valence-corrected chi connectivity index (χ2v) is 5.06. The molecule has 15 heavy (non-hydrogen) atoms. The van der Waals surface area contributed by atoms with E-state index in [0.29, 0.717) is 6.42 Å². The average molecular weight is 209 g/mol. The summed E-state index contributed by atoms with van der Waals surface area (Å²) in [5.41, 5.74) is 0.253. The molecule has 0 amide bonds. The number of rotatable bonds is 4. The van der Waals surface area contributed by atoms with Crippen molar-refractivity contribution in [1.82, 2.24) is 15.0 Å². The lowest BCUT2D eigenvalue weighted by Crippen LogP contribution is -2.32. The average Bonchev–Trinajstić information content (AvgIpc) is 2.43. The summed E-state index contributed by atoms with van der Waals surface area (Å²) in [5, 5.41) is 18.1. The largest absolute Gasteiger partial charge is 0.390 e. The van der Waals surface area contributed by atoms with Crippen LogP contribution >= 0.6 is 0 Å². The Kier molecular flexibility index (Phi) is 2.78. The minimum Gasteiger partial charge on any atom is -0.390 e. The molecule has 1 heterocycles. The second-order valence-electron chi connectivity index (χ2n) is 5.06. The fourth-order valence-electron chi connectivity index (χ4n) is 2.26. The van der Waals surface area contributed by atoms with Crippen LogP contribution in [0.4, 0.5) is 0 Å². The number of aromatic nitrogens is 3. The van der Waals surface area contributed by atoms with Crippen molar-refractivity contribution in [3.63, 3.8) is 0 Å². The Bertz CT molecular complexity index is 328. The second kappa shape index (κ2) is 3.93. The highest BCUT2D eigenvalue weighted by Gasteiger charge is 2.29. The monoisotopic (exact) mass is 209 g/mol. The van der Waals surface area contributed by atoms with Gasteiger partial charge in [-0.15, -0.1) is 5.10 Å². The molecule has 4 heteroatoms. The fraction of sp³-hybridized carbons (Fsp3) is 0.818. The Hall–Kier alpha value is -0.900. The molecule has 1 fully saturated rings. The molecule has 1 aromatic rings. The van der Waals surface area contributed by atoms with E-state index < -0.39 is 5.60 Å². The van der Waals surface area contributed by atoms with Crippen LogP contribution in [0, 0.1) is 5.92 Å². The zero-order valence-corrected chi connectivity index (χ0v) is 9.48. The summed E-state index contributed by atoms with van der Waals surface area (Å²) >= 11 is 0. The third-order valence-corrected chi connectivity index (χ3v) is 3.17. The standard InChI is InChI=1S/C11H19N3O/c1-11(15,6-9-4-3-5-9)7-10-8-14(2)13-12-10/h8-9,15H,3-7H2,1-2H3. The number of hydrogen-bond donors (Lipinski definition) is 1. The van der Waals surface area contributed by atoms with E-state index in [4.69, 9.17) is 0 Å². The Morgan fingerprint density at radius 1 is 1.60 bits per heavy atom. The molecule has 1 aliphatic rings. The molecule has 0 saturated heterocycles. The van der Waals surface area contributed by atoms with Crippen molar-refractivity contribution in [2.24, 2.45) is 13.0 Å². The van der Waals surface area contributed by atoms with E-state index in [1.54, 1.807) is 4.68 Å². The molecule has 0 spiro atoms. The lowest BCUT2D eigenvalue weighted by Gasteiger charge is -2.33. The van der Waals surface area contributed by atoms with Gasteiger partial charge in [-0.25, -0.2) is 0 Å². The van der Waals surface area contributed by atoms with Gasteiger partial charge in [0, 0.05) is 19.7 Å². The van der Waals surface area contributed by atoms with Gasteiger partial charge in [0.05, 0.1) is 11.3 Å². The van der Waals surface area contributed by atoms with Crippen LogP contribution < -0.4 is 0 Å². The van der Waals surface area contributed by atoms with E-state index in [-0.39, 0.29) is 0 Å². The van der Waals surface area contributed by atoms with Gasteiger partial charge in [-0.1, -0.05) is 24.5 Å². The SMILES string of the molecule is Cn1cc(CC(C)(O)CC2CCC2)nn1. The molecule has 1 unspecified atom stereocenters. The highest BCUT2D eigenvalue weighted by atomic mass is 16.3. The van der Waals surface area contributed by atoms with Crippen LogP contribution in [0.15, 0.2) is 6.20 Å². The van der Waals surface area contributed by atoms with Crippen LogP contribution in [0.3, 0.4) is 0 Å². The molecular weight excluding hydrogens is 190 g/mol. The maximum Gasteiger partial charge on any atom is 0.0855 e. The fourth-order valence-corrected chi connectivity index (χ4v) is 2.26. The van der Waals surface area contributed by atoms with Crippen molar-refractivity contribution in [1.29, 1.82) is 0 Å². The van der Waals surface area contributed by atoms with Crippen molar-refractivity contribution in [2.75, 3.05) is 0 Å². The molecule has 2 rings (SSSR count). The Labute approximate surface area is 90.3 Å². The molecule has 0 bridgehead atoms. The van der Waals surface area contributed by atoms with Crippen molar-refractivity contribution < 1.29 is 5.11 Å². The zero-order valence-electron chi connectivity index (χ0n) is 9.48. The number of aryl methyl sites for hydroxylation is 1. The third-order valence-electron chi connectivity index (χ3n) is 3.17. The first kappa shape index (κ1) is 10.6. The van der Waals surface area contributed by atoms with Crippen molar-refractivity contribution >= 4 is 0 Å². The first-order valence-corrected chi connectivity index (χ1v) is 5.63. The van der Waals surface area contributed by atoms with Crippen molar-refractivity contribution in [3.8, 4) is 0 Å². The summed E-state index contributed by atoms with van der Waals surface area (Å²) in [5.74, 6) is 0.719.